The van der Waals surface area contributed by atoms with Gasteiger partial charge >= 0.3 is 5.97 Å². The lowest BCUT2D eigenvalue weighted by molar-refractivity contribution is -0.147. The van der Waals surface area contributed by atoms with Crippen LogP contribution in [-0.4, -0.2) is 28.8 Å². The number of carbonyl (C=O) groups excluding carboxylic acids is 2. The number of carboxylic acid groups (broad SMARTS) is 1. The number of rotatable bonds is 6. The summed E-state index contributed by atoms with van der Waals surface area (Å²) in [6.45, 7) is 8.44. The molecule has 0 saturated heterocycles. The first-order valence-electron chi connectivity index (χ1n) is 13.3. The highest BCUT2D eigenvalue weighted by molar-refractivity contribution is 6.00. The lowest BCUT2D eigenvalue weighted by Crippen LogP contribution is -2.58. The van der Waals surface area contributed by atoms with Crippen molar-refractivity contribution in [1.82, 2.24) is 5.32 Å². The quantitative estimate of drug-likeness (QED) is 0.537. The second kappa shape index (κ2) is 9.47. The fourth-order valence-electron chi connectivity index (χ4n) is 7.16. The molecule has 5 nitrogen and oxygen atoms in total. The van der Waals surface area contributed by atoms with E-state index in [2.05, 4.69) is 44.3 Å². The molecule has 0 aliphatic heterocycles. The summed E-state index contributed by atoms with van der Waals surface area (Å²) >= 11 is 0. The molecule has 2 N–H and O–H groups in total. The van der Waals surface area contributed by atoms with Gasteiger partial charge in [0.2, 0.25) is 5.91 Å². The van der Waals surface area contributed by atoms with Gasteiger partial charge in [-0.25, -0.2) is 4.79 Å². The van der Waals surface area contributed by atoms with E-state index in [1.807, 2.05) is 6.92 Å². The van der Waals surface area contributed by atoms with Crippen LogP contribution >= 0.6 is 0 Å². The molecule has 0 radical (unpaired) electrons. The summed E-state index contributed by atoms with van der Waals surface area (Å²) in [5.41, 5.74) is 2.00. The standard InChI is InChI=1S/C29H41NO4/c1-18(2)20-11-12-22-21(16-20)24(31)17-25-28(22,3)13-8-14-29(25,4)27(34)30-23(26(32)33)15-19-9-6-5-7-10-19/h11-12,16,18-19,23,25H,5-10,13-15,17H2,1-4H3,(H,30,34)(H,32,33)/t23-,25+,28+,29+/m0/s1. The molecule has 1 aromatic rings. The highest BCUT2D eigenvalue weighted by atomic mass is 16.4. The Labute approximate surface area is 204 Å². The third kappa shape index (κ3) is 4.43. The van der Waals surface area contributed by atoms with Crippen molar-refractivity contribution in [1.29, 1.82) is 0 Å². The van der Waals surface area contributed by atoms with Gasteiger partial charge in [-0.05, 0) is 59.6 Å². The number of fused-ring (bicyclic) bond motifs is 3. The van der Waals surface area contributed by atoms with E-state index in [1.165, 1.54) is 6.42 Å². The van der Waals surface area contributed by atoms with E-state index in [4.69, 9.17) is 0 Å². The molecular weight excluding hydrogens is 426 g/mol. The first kappa shape index (κ1) is 24.9. The Morgan fingerprint density at radius 3 is 2.44 bits per heavy atom. The van der Waals surface area contributed by atoms with Crippen LogP contribution in [-0.2, 0) is 15.0 Å². The molecule has 0 bridgehead atoms. The third-order valence-corrected chi connectivity index (χ3v) is 9.36. The maximum atomic E-state index is 13.7. The van der Waals surface area contributed by atoms with Crippen LogP contribution < -0.4 is 5.32 Å². The summed E-state index contributed by atoms with van der Waals surface area (Å²) < 4.78 is 0. The molecule has 2 saturated carbocycles. The number of nitrogens with one attached hydrogen (secondary N) is 1. The van der Waals surface area contributed by atoms with Crippen molar-refractivity contribution in [2.24, 2.45) is 17.3 Å². The van der Waals surface area contributed by atoms with E-state index in [-0.39, 0.29) is 23.0 Å². The van der Waals surface area contributed by atoms with Gasteiger partial charge in [0, 0.05) is 12.0 Å². The molecule has 1 amide bonds. The number of amides is 1. The number of Topliss-reactive ketones (excluding diaryl/α,β-unsaturated/α-hetero) is 1. The molecule has 2 fully saturated rings. The number of aliphatic carboxylic acids is 1. The zero-order valence-electron chi connectivity index (χ0n) is 21.3. The maximum absolute atomic E-state index is 13.7. The molecule has 3 aliphatic carbocycles. The Kier molecular flexibility index (Phi) is 6.94. The van der Waals surface area contributed by atoms with Crippen molar-refractivity contribution in [2.45, 2.75) is 109 Å². The molecule has 0 heterocycles. The predicted octanol–water partition coefficient (Wildman–Crippen LogP) is 6.00. The van der Waals surface area contributed by atoms with Crippen LogP contribution in [0, 0.1) is 17.3 Å². The van der Waals surface area contributed by atoms with Crippen molar-refractivity contribution in [3.05, 3.63) is 34.9 Å². The Balaban J connectivity index is 1.60. The lowest BCUT2D eigenvalue weighted by Gasteiger charge is -2.54. The van der Waals surface area contributed by atoms with Crippen LogP contribution in [0.2, 0.25) is 0 Å². The number of hydrogen-bond acceptors (Lipinski definition) is 3. The highest BCUT2D eigenvalue weighted by Gasteiger charge is 2.57. The van der Waals surface area contributed by atoms with Crippen LogP contribution in [0.15, 0.2) is 18.2 Å². The lowest BCUT2D eigenvalue weighted by atomic mass is 9.49. The summed E-state index contributed by atoms with van der Waals surface area (Å²) in [6, 6.07) is 5.43. The van der Waals surface area contributed by atoms with Crippen LogP contribution in [0.5, 0.6) is 0 Å². The summed E-state index contributed by atoms with van der Waals surface area (Å²) in [4.78, 5) is 39.2. The van der Waals surface area contributed by atoms with Gasteiger partial charge < -0.3 is 10.4 Å². The Morgan fingerprint density at radius 1 is 1.09 bits per heavy atom. The second-order valence-corrected chi connectivity index (χ2v) is 11.9. The predicted molar refractivity (Wildman–Crippen MR) is 133 cm³/mol. The zero-order chi connectivity index (χ0) is 24.7. The summed E-state index contributed by atoms with van der Waals surface area (Å²) in [7, 11) is 0. The zero-order valence-corrected chi connectivity index (χ0v) is 21.3. The first-order chi connectivity index (χ1) is 16.1. The molecular formula is C29H41NO4. The maximum Gasteiger partial charge on any atom is 0.326 e. The van der Waals surface area contributed by atoms with Gasteiger partial charge in [0.1, 0.15) is 6.04 Å². The SMILES string of the molecule is CC(C)c1ccc2c(c1)C(=O)C[C@H]1[C@](C)(C(=O)N[C@@H](CC3CCCCC3)C(=O)O)CCC[C@]21C. The number of carbonyl (C=O) groups is 3. The van der Waals surface area contributed by atoms with E-state index in [1.54, 1.807) is 0 Å². The van der Waals surface area contributed by atoms with Gasteiger partial charge in [0.05, 0.1) is 5.41 Å². The van der Waals surface area contributed by atoms with Crippen molar-refractivity contribution in [3.63, 3.8) is 0 Å². The van der Waals surface area contributed by atoms with Gasteiger partial charge in [-0.1, -0.05) is 78.4 Å². The fraction of sp³-hybridized carbons (Fsp3) is 0.690. The van der Waals surface area contributed by atoms with Gasteiger partial charge in [-0.2, -0.15) is 0 Å². The van der Waals surface area contributed by atoms with E-state index in [0.717, 1.165) is 55.2 Å². The van der Waals surface area contributed by atoms with Crippen molar-refractivity contribution in [3.8, 4) is 0 Å². The van der Waals surface area contributed by atoms with E-state index in [9.17, 15) is 19.5 Å². The third-order valence-electron chi connectivity index (χ3n) is 9.36. The van der Waals surface area contributed by atoms with Crippen molar-refractivity contribution >= 4 is 17.7 Å². The first-order valence-corrected chi connectivity index (χ1v) is 13.3. The van der Waals surface area contributed by atoms with Crippen molar-refractivity contribution < 1.29 is 19.5 Å². The minimum absolute atomic E-state index is 0.109. The molecule has 1 aromatic carbocycles. The number of hydrogen-bond donors (Lipinski definition) is 2. The molecule has 34 heavy (non-hydrogen) atoms. The number of benzene rings is 1. The summed E-state index contributed by atoms with van der Waals surface area (Å²) in [5.74, 6) is -0.462. The normalized spacial score (nSPS) is 30.4. The monoisotopic (exact) mass is 467 g/mol. The topological polar surface area (TPSA) is 83.5 Å². The molecule has 4 atom stereocenters. The Bertz CT molecular complexity index is 963. The molecule has 3 aliphatic rings. The van der Waals surface area contributed by atoms with Crippen LogP contribution in [0.1, 0.15) is 119 Å². The van der Waals surface area contributed by atoms with E-state index < -0.39 is 17.4 Å². The van der Waals surface area contributed by atoms with E-state index >= 15 is 0 Å². The van der Waals surface area contributed by atoms with Gasteiger partial charge in [-0.3, -0.25) is 9.59 Å². The minimum Gasteiger partial charge on any atom is -0.480 e. The van der Waals surface area contributed by atoms with Gasteiger partial charge in [-0.15, -0.1) is 0 Å². The molecule has 4 rings (SSSR count). The number of carboxylic acids is 1. The smallest absolute Gasteiger partial charge is 0.326 e. The average Bonchev–Trinajstić information content (AvgIpc) is 2.80. The minimum atomic E-state index is -0.952. The molecule has 186 valence electrons. The van der Waals surface area contributed by atoms with Gasteiger partial charge in [0.15, 0.2) is 5.78 Å². The molecule has 5 heteroatoms. The van der Waals surface area contributed by atoms with Crippen LogP contribution in [0.3, 0.4) is 0 Å². The summed E-state index contributed by atoms with van der Waals surface area (Å²) in [5, 5.41) is 12.8. The Hall–Kier alpha value is -2.17. The second-order valence-electron chi connectivity index (χ2n) is 11.9. The molecule has 0 unspecified atom stereocenters. The largest absolute Gasteiger partial charge is 0.480 e. The van der Waals surface area contributed by atoms with E-state index in [0.29, 0.717) is 31.1 Å². The average molecular weight is 468 g/mol. The summed E-state index contributed by atoms with van der Waals surface area (Å²) in [6.07, 6.45) is 8.93. The number of ketones is 1. The molecule has 0 spiro atoms. The van der Waals surface area contributed by atoms with Crippen LogP contribution in [0.4, 0.5) is 0 Å². The van der Waals surface area contributed by atoms with Crippen LogP contribution in [0.25, 0.3) is 0 Å². The Morgan fingerprint density at radius 2 is 1.79 bits per heavy atom. The fourth-order valence-corrected chi connectivity index (χ4v) is 7.16. The highest BCUT2D eigenvalue weighted by Crippen LogP contribution is 2.57. The molecule has 0 aromatic heterocycles. The van der Waals surface area contributed by atoms with Crippen molar-refractivity contribution in [2.75, 3.05) is 0 Å². The van der Waals surface area contributed by atoms with Gasteiger partial charge in [0.25, 0.3) is 0 Å².